The van der Waals surface area contributed by atoms with Crippen LogP contribution in [0.15, 0.2) is 53.7 Å². The molecule has 3 rings (SSSR count). The number of nitrogens with one attached hydrogen (secondary N) is 1. The lowest BCUT2D eigenvalue weighted by Gasteiger charge is -2.11. The fourth-order valence-electron chi connectivity index (χ4n) is 2.60. The molecule has 0 saturated heterocycles. The van der Waals surface area contributed by atoms with Gasteiger partial charge in [-0.1, -0.05) is 66.5 Å². The Morgan fingerprint density at radius 3 is 2.64 bits per heavy atom. The van der Waals surface area contributed by atoms with Crippen LogP contribution in [0.25, 0.3) is 17.1 Å². The summed E-state index contributed by atoms with van der Waals surface area (Å²) in [6.45, 7) is 2.78. The molecule has 0 bridgehead atoms. The number of benzene rings is 2. The molecule has 5 nitrogen and oxygen atoms in total. The summed E-state index contributed by atoms with van der Waals surface area (Å²) >= 11 is 13.8. The van der Waals surface area contributed by atoms with Crippen molar-refractivity contribution in [2.75, 3.05) is 12.3 Å². The minimum Gasteiger partial charge on any atom is -0.355 e. The smallest absolute Gasteiger partial charge is 0.230 e. The molecular formula is C20H20Cl2N4OS. The second-order valence-corrected chi connectivity index (χ2v) is 7.88. The van der Waals surface area contributed by atoms with Crippen LogP contribution in [0.3, 0.4) is 0 Å². The zero-order valence-corrected chi connectivity index (χ0v) is 17.7. The Balaban J connectivity index is 1.91. The van der Waals surface area contributed by atoms with Crippen LogP contribution in [-0.2, 0) is 4.79 Å². The van der Waals surface area contributed by atoms with Gasteiger partial charge in [-0.3, -0.25) is 9.36 Å². The molecule has 2 aromatic carbocycles. The van der Waals surface area contributed by atoms with Crippen molar-refractivity contribution in [1.82, 2.24) is 20.1 Å². The predicted molar refractivity (Wildman–Crippen MR) is 115 cm³/mol. The van der Waals surface area contributed by atoms with Crippen LogP contribution in [0.5, 0.6) is 0 Å². The lowest BCUT2D eigenvalue weighted by Crippen LogP contribution is -2.26. The Morgan fingerprint density at radius 1 is 1.14 bits per heavy atom. The van der Waals surface area contributed by atoms with E-state index in [9.17, 15) is 4.79 Å². The number of rotatable bonds is 8. The zero-order valence-electron chi connectivity index (χ0n) is 15.4. The van der Waals surface area contributed by atoms with Gasteiger partial charge in [-0.25, -0.2) is 0 Å². The third kappa shape index (κ3) is 5.07. The standard InChI is InChI=1S/C20H20Cl2N4OS/c1-2-3-11-23-18(27)13-28-20-25-24-19(16-10-9-14(21)12-17(16)22)26(20)15-7-5-4-6-8-15/h4-10,12H,2-3,11,13H2,1H3,(H,23,27). The van der Waals surface area contributed by atoms with E-state index < -0.39 is 0 Å². The number of thioether (sulfide) groups is 1. The van der Waals surface area contributed by atoms with Crippen molar-refractivity contribution in [1.29, 1.82) is 0 Å². The van der Waals surface area contributed by atoms with Crippen molar-refractivity contribution < 1.29 is 4.79 Å². The molecule has 146 valence electrons. The lowest BCUT2D eigenvalue weighted by molar-refractivity contribution is -0.118. The number of carbonyl (C=O) groups is 1. The predicted octanol–water partition coefficient (Wildman–Crippen LogP) is 5.25. The first kappa shape index (κ1) is 20.7. The number of amides is 1. The third-order valence-electron chi connectivity index (χ3n) is 4.00. The number of unbranched alkanes of at least 4 members (excludes halogenated alkanes) is 1. The molecule has 3 aromatic rings. The molecule has 0 spiro atoms. The average molecular weight is 435 g/mol. The number of aromatic nitrogens is 3. The van der Waals surface area contributed by atoms with E-state index in [1.165, 1.54) is 11.8 Å². The van der Waals surface area contributed by atoms with Crippen LogP contribution < -0.4 is 5.32 Å². The van der Waals surface area contributed by atoms with E-state index in [1.807, 2.05) is 41.0 Å². The normalized spacial score (nSPS) is 10.8. The molecule has 0 aliphatic heterocycles. The molecule has 1 N–H and O–H groups in total. The number of para-hydroxylation sites is 1. The molecule has 0 saturated carbocycles. The van der Waals surface area contributed by atoms with E-state index in [0.717, 1.165) is 24.1 Å². The van der Waals surface area contributed by atoms with E-state index in [-0.39, 0.29) is 11.7 Å². The molecule has 0 unspecified atom stereocenters. The van der Waals surface area contributed by atoms with E-state index in [1.54, 1.807) is 12.1 Å². The zero-order chi connectivity index (χ0) is 19.9. The second kappa shape index (κ2) is 9.96. The van der Waals surface area contributed by atoms with Crippen LogP contribution >= 0.6 is 35.0 Å². The summed E-state index contributed by atoms with van der Waals surface area (Å²) in [6, 6.07) is 15.0. The summed E-state index contributed by atoms with van der Waals surface area (Å²) in [6.07, 6.45) is 2.01. The van der Waals surface area contributed by atoms with Crippen molar-refractivity contribution in [2.24, 2.45) is 0 Å². The van der Waals surface area contributed by atoms with E-state index in [2.05, 4.69) is 22.4 Å². The van der Waals surface area contributed by atoms with Crippen LogP contribution in [-0.4, -0.2) is 33.0 Å². The Morgan fingerprint density at radius 2 is 1.93 bits per heavy atom. The molecule has 8 heteroatoms. The maximum absolute atomic E-state index is 12.1. The second-order valence-electron chi connectivity index (χ2n) is 6.09. The van der Waals surface area contributed by atoms with E-state index in [0.29, 0.717) is 27.6 Å². The SMILES string of the molecule is CCCCNC(=O)CSc1nnc(-c2ccc(Cl)cc2Cl)n1-c1ccccc1. The molecule has 0 aliphatic carbocycles. The van der Waals surface area contributed by atoms with Gasteiger partial charge in [-0.15, -0.1) is 10.2 Å². The van der Waals surface area contributed by atoms with Crippen molar-refractivity contribution in [2.45, 2.75) is 24.9 Å². The number of hydrogen-bond acceptors (Lipinski definition) is 4. The molecule has 1 heterocycles. The summed E-state index contributed by atoms with van der Waals surface area (Å²) < 4.78 is 1.90. The summed E-state index contributed by atoms with van der Waals surface area (Å²) in [7, 11) is 0. The number of hydrogen-bond donors (Lipinski definition) is 1. The van der Waals surface area contributed by atoms with Crippen molar-refractivity contribution in [3.8, 4) is 17.1 Å². The monoisotopic (exact) mass is 434 g/mol. The largest absolute Gasteiger partial charge is 0.355 e. The Hall–Kier alpha value is -2.02. The topological polar surface area (TPSA) is 59.8 Å². The summed E-state index contributed by atoms with van der Waals surface area (Å²) in [5.41, 5.74) is 1.61. The highest BCUT2D eigenvalue weighted by atomic mass is 35.5. The van der Waals surface area contributed by atoms with Gasteiger partial charge < -0.3 is 5.32 Å². The quantitative estimate of drug-likeness (QED) is 0.388. The van der Waals surface area contributed by atoms with Gasteiger partial charge in [0.1, 0.15) is 0 Å². The van der Waals surface area contributed by atoms with Crippen LogP contribution in [0.1, 0.15) is 19.8 Å². The third-order valence-corrected chi connectivity index (χ3v) is 5.48. The first-order valence-electron chi connectivity index (χ1n) is 8.96. The number of halogens is 2. The Kier molecular flexibility index (Phi) is 7.36. The summed E-state index contributed by atoms with van der Waals surface area (Å²) in [5.74, 6) is 0.845. The van der Waals surface area contributed by atoms with E-state index in [4.69, 9.17) is 23.2 Å². The average Bonchev–Trinajstić information content (AvgIpc) is 3.11. The molecule has 1 aromatic heterocycles. The van der Waals surface area contributed by atoms with Gasteiger partial charge in [-0.05, 0) is 36.8 Å². The van der Waals surface area contributed by atoms with Gasteiger partial charge >= 0.3 is 0 Å². The molecular weight excluding hydrogens is 415 g/mol. The first-order chi connectivity index (χ1) is 13.6. The number of carbonyl (C=O) groups excluding carboxylic acids is 1. The summed E-state index contributed by atoms with van der Waals surface area (Å²) in [4.78, 5) is 12.1. The minimum absolute atomic E-state index is 0.0212. The van der Waals surface area contributed by atoms with Gasteiger partial charge in [-0.2, -0.15) is 0 Å². The highest BCUT2D eigenvalue weighted by molar-refractivity contribution is 7.99. The van der Waals surface area contributed by atoms with Gasteiger partial charge in [0.25, 0.3) is 0 Å². The van der Waals surface area contributed by atoms with E-state index >= 15 is 0 Å². The maximum atomic E-state index is 12.1. The van der Waals surface area contributed by atoms with Crippen LogP contribution in [0, 0.1) is 0 Å². The molecule has 0 aliphatic rings. The highest BCUT2D eigenvalue weighted by Gasteiger charge is 2.19. The molecule has 1 amide bonds. The first-order valence-corrected chi connectivity index (χ1v) is 10.7. The number of nitrogens with zero attached hydrogens (tertiary/aromatic N) is 3. The van der Waals surface area contributed by atoms with Crippen molar-refractivity contribution in [3.05, 3.63) is 58.6 Å². The van der Waals surface area contributed by atoms with Crippen LogP contribution in [0.4, 0.5) is 0 Å². The van der Waals surface area contributed by atoms with Gasteiger partial charge in [0.2, 0.25) is 5.91 Å². The Bertz CT molecular complexity index is 947. The highest BCUT2D eigenvalue weighted by Crippen LogP contribution is 2.33. The molecule has 0 atom stereocenters. The minimum atomic E-state index is -0.0212. The Labute approximate surface area is 178 Å². The molecule has 28 heavy (non-hydrogen) atoms. The van der Waals surface area contributed by atoms with Crippen molar-refractivity contribution >= 4 is 40.9 Å². The maximum Gasteiger partial charge on any atom is 0.230 e. The van der Waals surface area contributed by atoms with Crippen molar-refractivity contribution in [3.63, 3.8) is 0 Å². The summed E-state index contributed by atoms with van der Waals surface area (Å²) in [5, 5.41) is 13.2. The van der Waals surface area contributed by atoms with Gasteiger partial charge in [0.05, 0.1) is 10.8 Å². The fraction of sp³-hybridized carbons (Fsp3) is 0.250. The van der Waals surface area contributed by atoms with Gasteiger partial charge in [0.15, 0.2) is 11.0 Å². The lowest BCUT2D eigenvalue weighted by atomic mass is 10.2. The van der Waals surface area contributed by atoms with Crippen LogP contribution in [0.2, 0.25) is 10.0 Å². The van der Waals surface area contributed by atoms with Gasteiger partial charge in [0, 0.05) is 22.8 Å². The molecule has 0 radical (unpaired) electrons. The fourth-order valence-corrected chi connectivity index (χ4v) is 3.88. The molecule has 0 fully saturated rings.